The molecule has 3 rings (SSSR count). The first kappa shape index (κ1) is 18.6. The van der Waals surface area contributed by atoms with Gasteiger partial charge in [-0.1, -0.05) is 23.7 Å². The molecule has 0 bridgehead atoms. The molecule has 1 N–H and O–H groups in total. The monoisotopic (exact) mass is 366 g/mol. The molecule has 0 unspecified atom stereocenters. The predicted octanol–water partition coefficient (Wildman–Crippen LogP) is -0.975. The molecule has 6 heteroatoms. The van der Waals surface area contributed by atoms with Gasteiger partial charge in [-0.25, -0.2) is 0 Å². The number of rotatable bonds is 3. The van der Waals surface area contributed by atoms with Crippen molar-refractivity contribution in [1.29, 1.82) is 0 Å². The van der Waals surface area contributed by atoms with Gasteiger partial charge in [-0.15, -0.1) is 0 Å². The van der Waals surface area contributed by atoms with Gasteiger partial charge in [0.25, 0.3) is 5.91 Å². The van der Waals surface area contributed by atoms with Crippen LogP contribution < -0.4 is 22.0 Å². The Morgan fingerprint density at radius 2 is 1.71 bits per heavy atom. The summed E-state index contributed by atoms with van der Waals surface area (Å²) in [7, 11) is 1.69. The summed E-state index contributed by atoms with van der Waals surface area (Å²) in [6.45, 7) is 3.21. The fourth-order valence-corrected chi connectivity index (χ4v) is 3.09. The summed E-state index contributed by atoms with van der Waals surface area (Å²) in [5.74, 6) is 0.973. The number of benzene rings is 2. The van der Waals surface area contributed by atoms with Crippen LogP contribution in [-0.2, 0) is 0 Å². The van der Waals surface area contributed by atoms with Gasteiger partial charge in [0.2, 0.25) is 0 Å². The molecular weight excluding hydrogens is 347 g/mol. The second kappa shape index (κ2) is 8.38. The first-order valence-electron chi connectivity index (χ1n) is 7.72. The van der Waals surface area contributed by atoms with Gasteiger partial charge in [-0.3, -0.25) is 9.69 Å². The molecule has 128 valence electrons. The highest BCUT2D eigenvalue weighted by atomic mass is 35.5. The van der Waals surface area contributed by atoms with Crippen molar-refractivity contribution >= 4 is 23.2 Å². The van der Waals surface area contributed by atoms with E-state index in [1.807, 2.05) is 23.1 Å². The Kier molecular flexibility index (Phi) is 6.49. The lowest BCUT2D eigenvalue weighted by atomic mass is 10.1. The van der Waals surface area contributed by atoms with Crippen LogP contribution in [0.5, 0.6) is 5.75 Å². The minimum absolute atomic E-state index is 0. The van der Waals surface area contributed by atoms with Crippen LogP contribution in [0.25, 0.3) is 0 Å². The maximum absolute atomic E-state index is 12.5. The zero-order chi connectivity index (χ0) is 16.2. The number of carbonyl (C=O) groups is 1. The van der Waals surface area contributed by atoms with E-state index in [2.05, 4.69) is 6.07 Å². The normalized spacial score (nSPS) is 14.8. The van der Waals surface area contributed by atoms with Crippen molar-refractivity contribution < 1.29 is 26.8 Å². The summed E-state index contributed by atoms with van der Waals surface area (Å²) in [6.07, 6.45) is 0. The van der Waals surface area contributed by atoms with Crippen LogP contribution in [0.2, 0.25) is 5.02 Å². The molecule has 1 fully saturated rings. The largest absolute Gasteiger partial charge is 1.00 e. The molecule has 24 heavy (non-hydrogen) atoms. The maximum atomic E-state index is 12.5. The molecular formula is C18H20Cl2N2O2. The molecule has 1 heterocycles. The van der Waals surface area contributed by atoms with Crippen LogP contribution in [0.1, 0.15) is 10.4 Å². The summed E-state index contributed by atoms with van der Waals surface area (Å²) in [6, 6.07) is 15.1. The summed E-state index contributed by atoms with van der Waals surface area (Å²) < 4.78 is 5.44. The zero-order valence-electron chi connectivity index (χ0n) is 13.5. The second-order valence-electron chi connectivity index (χ2n) is 5.60. The van der Waals surface area contributed by atoms with E-state index in [0.29, 0.717) is 10.6 Å². The number of carbonyl (C=O) groups excluding carboxylic acids is 1. The Labute approximate surface area is 153 Å². The van der Waals surface area contributed by atoms with Crippen LogP contribution in [0.15, 0.2) is 48.5 Å². The number of nitrogens with zero attached hydrogens (tertiary/aromatic N) is 1. The maximum Gasteiger partial charge on any atom is 0.254 e. The first-order chi connectivity index (χ1) is 11.2. The highest BCUT2D eigenvalue weighted by Gasteiger charge is 2.27. The minimum Gasteiger partial charge on any atom is -1.00 e. The average Bonchev–Trinajstić information content (AvgIpc) is 2.62. The van der Waals surface area contributed by atoms with Crippen LogP contribution >= 0.6 is 11.6 Å². The highest BCUT2D eigenvalue weighted by Crippen LogP contribution is 2.19. The minimum atomic E-state index is 0. The van der Waals surface area contributed by atoms with E-state index < -0.39 is 0 Å². The molecule has 4 nitrogen and oxygen atoms in total. The number of hydrogen-bond acceptors (Lipinski definition) is 2. The quantitative estimate of drug-likeness (QED) is 0.757. The molecule has 0 aromatic heterocycles. The summed E-state index contributed by atoms with van der Waals surface area (Å²) >= 11 is 5.88. The fraction of sp³-hybridized carbons (Fsp3) is 0.278. The highest BCUT2D eigenvalue weighted by molar-refractivity contribution is 6.30. The van der Waals surface area contributed by atoms with E-state index in [9.17, 15) is 4.79 Å². The van der Waals surface area contributed by atoms with Crippen LogP contribution in [-0.4, -0.2) is 44.1 Å². The fourth-order valence-electron chi connectivity index (χ4n) is 2.96. The molecule has 1 aliphatic rings. The molecule has 2 aromatic carbocycles. The Bertz CT molecular complexity index is 684. The van der Waals surface area contributed by atoms with E-state index in [4.69, 9.17) is 16.3 Å². The molecule has 0 aliphatic carbocycles. The third-order valence-electron chi connectivity index (χ3n) is 4.23. The molecule has 1 saturated heterocycles. The number of amides is 1. The summed E-state index contributed by atoms with van der Waals surface area (Å²) in [4.78, 5) is 15.8. The third-order valence-corrected chi connectivity index (χ3v) is 4.49. The number of hydrogen-bond donors (Lipinski definition) is 1. The lowest BCUT2D eigenvalue weighted by molar-refractivity contribution is -0.837. The predicted molar refractivity (Wildman–Crippen MR) is 90.7 cm³/mol. The van der Waals surface area contributed by atoms with Crippen molar-refractivity contribution in [2.45, 2.75) is 0 Å². The second-order valence-corrected chi connectivity index (χ2v) is 6.04. The lowest BCUT2D eigenvalue weighted by Gasteiger charge is -2.32. The van der Waals surface area contributed by atoms with Gasteiger partial charge in [0.1, 0.15) is 0 Å². The number of para-hydroxylation sites is 2. The zero-order valence-corrected chi connectivity index (χ0v) is 15.0. The number of methoxy groups -OCH3 is 1. The van der Waals surface area contributed by atoms with E-state index >= 15 is 0 Å². The van der Waals surface area contributed by atoms with Gasteiger partial charge < -0.3 is 22.0 Å². The van der Waals surface area contributed by atoms with Crippen molar-refractivity contribution in [3.8, 4) is 5.75 Å². The number of piperazine rings is 1. The Hall–Kier alpha value is -1.75. The molecule has 0 saturated carbocycles. The number of nitrogens with one attached hydrogen (secondary N) is 1. The summed E-state index contributed by atoms with van der Waals surface area (Å²) in [5.41, 5.74) is 1.85. The van der Waals surface area contributed by atoms with E-state index in [1.165, 1.54) is 4.90 Å². The van der Waals surface area contributed by atoms with E-state index in [1.54, 1.807) is 31.4 Å². The van der Waals surface area contributed by atoms with Gasteiger partial charge in [0, 0.05) is 16.7 Å². The van der Waals surface area contributed by atoms with Crippen molar-refractivity contribution in [3.63, 3.8) is 0 Å². The van der Waals surface area contributed by atoms with Crippen molar-refractivity contribution in [2.75, 3.05) is 33.3 Å². The lowest BCUT2D eigenvalue weighted by Crippen LogP contribution is -3.10. The van der Waals surface area contributed by atoms with Crippen molar-refractivity contribution in [1.82, 2.24) is 4.90 Å². The van der Waals surface area contributed by atoms with E-state index in [-0.39, 0.29) is 18.3 Å². The SMILES string of the molecule is COc1ccccc1[NH+]1CCN(C(=O)c2ccc(Cl)cc2)CC1.[Cl-]. The van der Waals surface area contributed by atoms with Gasteiger partial charge in [-0.2, -0.15) is 0 Å². The first-order valence-corrected chi connectivity index (χ1v) is 8.10. The molecule has 0 spiro atoms. The standard InChI is InChI=1S/C18H19ClN2O2.ClH/c1-23-17-5-3-2-4-16(17)20-10-12-21(13-11-20)18(22)14-6-8-15(19)9-7-14;/h2-9H,10-13H2,1H3;1H. The Balaban J connectivity index is 0.00000208. The molecule has 2 aromatic rings. The Morgan fingerprint density at radius 3 is 2.33 bits per heavy atom. The molecule has 0 atom stereocenters. The number of halogens is 2. The van der Waals surface area contributed by atoms with Gasteiger partial charge in [0.05, 0.1) is 33.3 Å². The van der Waals surface area contributed by atoms with Crippen LogP contribution in [0.4, 0.5) is 5.69 Å². The molecule has 1 aliphatic heterocycles. The van der Waals surface area contributed by atoms with Crippen LogP contribution in [0.3, 0.4) is 0 Å². The third kappa shape index (κ3) is 4.01. The summed E-state index contributed by atoms with van der Waals surface area (Å²) in [5, 5.41) is 0.645. The number of quaternary nitrogens is 1. The van der Waals surface area contributed by atoms with Gasteiger partial charge in [-0.05, 0) is 30.3 Å². The number of ether oxygens (including phenoxy) is 1. The van der Waals surface area contributed by atoms with Gasteiger partial charge >= 0.3 is 0 Å². The van der Waals surface area contributed by atoms with Crippen molar-refractivity contribution in [3.05, 3.63) is 59.1 Å². The molecule has 0 radical (unpaired) electrons. The topological polar surface area (TPSA) is 34.0 Å². The molecule has 1 amide bonds. The van der Waals surface area contributed by atoms with E-state index in [0.717, 1.165) is 37.6 Å². The smallest absolute Gasteiger partial charge is 0.254 e. The Morgan fingerprint density at radius 1 is 1.08 bits per heavy atom. The van der Waals surface area contributed by atoms with Gasteiger partial charge in [0.15, 0.2) is 11.4 Å². The van der Waals surface area contributed by atoms with Crippen LogP contribution in [0, 0.1) is 0 Å². The van der Waals surface area contributed by atoms with Crippen molar-refractivity contribution in [2.24, 2.45) is 0 Å². The average molecular weight is 367 g/mol.